The molecule has 2 N–H and O–H groups in total. The van der Waals surface area contributed by atoms with Gasteiger partial charge in [-0.3, -0.25) is 4.79 Å². The minimum atomic E-state index is -0.593. The molecular weight excluding hydrogens is 596 g/mol. The number of carbonyl (C=O) groups is 1. The van der Waals surface area contributed by atoms with Crippen LogP contribution in [-0.4, -0.2) is 38.2 Å². The maximum Gasteiger partial charge on any atom is 0.310 e. The number of carboxylic acid groups (broad SMARTS) is 1. The van der Waals surface area contributed by atoms with E-state index in [2.05, 4.69) is 82.5 Å². The third-order valence-electron chi connectivity index (χ3n) is 15.7. The Labute approximate surface area is 286 Å². The molecular formula is C41H56N4O3. The van der Waals surface area contributed by atoms with Gasteiger partial charge in [-0.2, -0.15) is 0 Å². The minimum Gasteiger partial charge on any atom is -0.497 e. The summed E-state index contributed by atoms with van der Waals surface area (Å²) in [5.41, 5.74) is 6.19. The van der Waals surface area contributed by atoms with E-state index >= 15 is 0 Å². The van der Waals surface area contributed by atoms with Gasteiger partial charge in [0.25, 0.3) is 0 Å². The van der Waals surface area contributed by atoms with Crippen molar-refractivity contribution in [1.29, 1.82) is 0 Å². The van der Waals surface area contributed by atoms with Gasteiger partial charge in [0.1, 0.15) is 5.75 Å². The molecule has 3 saturated carbocycles. The van der Waals surface area contributed by atoms with Crippen LogP contribution in [-0.2, 0) is 29.6 Å². The van der Waals surface area contributed by atoms with E-state index in [9.17, 15) is 9.90 Å². The summed E-state index contributed by atoms with van der Waals surface area (Å²) in [5, 5.41) is 21.7. The number of aromatic amines is 1. The molecule has 0 amide bonds. The van der Waals surface area contributed by atoms with E-state index in [1.807, 2.05) is 6.07 Å². The van der Waals surface area contributed by atoms with Gasteiger partial charge in [0.05, 0.1) is 23.9 Å². The predicted octanol–water partition coefficient (Wildman–Crippen LogP) is 8.91. The summed E-state index contributed by atoms with van der Waals surface area (Å²) in [7, 11) is 1.72. The molecule has 0 radical (unpaired) electrons. The average Bonchev–Trinajstić information content (AvgIpc) is 3.63. The van der Waals surface area contributed by atoms with Crippen LogP contribution in [0.2, 0.25) is 0 Å². The maximum atomic E-state index is 13.0. The molecule has 0 saturated heterocycles. The maximum absolute atomic E-state index is 13.0. The third kappa shape index (κ3) is 4.14. The van der Waals surface area contributed by atoms with Gasteiger partial charge in [0.15, 0.2) is 0 Å². The van der Waals surface area contributed by atoms with E-state index < -0.39 is 11.4 Å². The van der Waals surface area contributed by atoms with Crippen molar-refractivity contribution in [3.8, 4) is 5.75 Å². The molecule has 2 aromatic heterocycles. The summed E-state index contributed by atoms with van der Waals surface area (Å²) in [4.78, 5) is 16.5. The molecule has 0 bridgehead atoms. The number of methoxy groups -OCH3 is 1. The highest BCUT2D eigenvalue weighted by Crippen LogP contribution is 2.75. The Hall–Kier alpha value is -3.09. The van der Waals surface area contributed by atoms with Crippen molar-refractivity contribution in [3.05, 3.63) is 53.0 Å². The molecule has 3 fully saturated rings. The van der Waals surface area contributed by atoms with Crippen molar-refractivity contribution in [2.75, 3.05) is 7.11 Å². The lowest BCUT2D eigenvalue weighted by molar-refractivity contribution is -0.177. The van der Waals surface area contributed by atoms with Gasteiger partial charge in [0.2, 0.25) is 0 Å². The minimum absolute atomic E-state index is 0.0188. The molecule has 5 aliphatic rings. The second-order valence-corrected chi connectivity index (χ2v) is 18.7. The summed E-state index contributed by atoms with van der Waals surface area (Å²) in [6.07, 6.45) is 14.6. The van der Waals surface area contributed by atoms with Crippen molar-refractivity contribution in [1.82, 2.24) is 20.0 Å². The fourth-order valence-electron chi connectivity index (χ4n) is 13.0. The molecule has 7 atom stereocenters. The Balaban J connectivity index is 1.13. The Morgan fingerprint density at radius 1 is 1.04 bits per heavy atom. The fraction of sp³-hybridized carbons (Fsp3) is 0.683. The van der Waals surface area contributed by atoms with Gasteiger partial charge in [-0.15, -0.1) is 5.10 Å². The number of ether oxygens (including phenoxy) is 1. The second-order valence-electron chi connectivity index (χ2n) is 18.7. The zero-order valence-electron chi connectivity index (χ0n) is 30.5. The third-order valence-corrected chi connectivity index (χ3v) is 15.7. The summed E-state index contributed by atoms with van der Waals surface area (Å²) in [6.45, 7) is 18.2. The highest BCUT2D eigenvalue weighted by atomic mass is 16.5. The molecule has 5 aliphatic carbocycles. The first-order valence-electron chi connectivity index (χ1n) is 18.6. The van der Waals surface area contributed by atoms with E-state index in [1.165, 1.54) is 40.8 Å². The molecule has 0 unspecified atom stereocenters. The standard InChI is InChI=1S/C41H56N4O3/c1-36(2)16-18-41(35(46)47)19-17-39(6)28(29(41)22-36)10-12-33-38(5)23-31-34(37(3,4)32(38)13-15-40(33,39)7)45(44-43-31)20-14-25-24-42-30-11-9-26(48-8)21-27(25)30/h9-11,21,24,29,32-33,42H,12-20,22-23H2,1-8H3,(H,46,47)/t29-,32-,33+,38-,39+,40+,41-/m0/s1. The molecule has 48 heavy (non-hydrogen) atoms. The Kier molecular flexibility index (Phi) is 6.85. The largest absolute Gasteiger partial charge is 0.497 e. The molecule has 7 nitrogen and oxygen atoms in total. The summed E-state index contributed by atoms with van der Waals surface area (Å²) in [6, 6.07) is 6.22. The average molecular weight is 653 g/mol. The first-order valence-corrected chi connectivity index (χ1v) is 18.6. The second kappa shape index (κ2) is 10.2. The van der Waals surface area contributed by atoms with Crippen LogP contribution in [0.4, 0.5) is 0 Å². The van der Waals surface area contributed by atoms with Gasteiger partial charge in [0, 0.05) is 29.1 Å². The van der Waals surface area contributed by atoms with Crippen molar-refractivity contribution in [2.24, 2.45) is 44.8 Å². The van der Waals surface area contributed by atoms with Crippen LogP contribution in [0.15, 0.2) is 36.0 Å². The van der Waals surface area contributed by atoms with Crippen molar-refractivity contribution in [2.45, 2.75) is 125 Å². The quantitative estimate of drug-likeness (QED) is 0.269. The Bertz CT molecular complexity index is 1830. The van der Waals surface area contributed by atoms with E-state index in [0.717, 1.165) is 69.2 Å². The first kappa shape index (κ1) is 32.1. The number of hydrogen-bond donors (Lipinski definition) is 2. The number of rotatable bonds is 5. The number of aromatic nitrogens is 4. The van der Waals surface area contributed by atoms with Crippen LogP contribution in [0.1, 0.15) is 117 Å². The number of aliphatic carboxylic acids is 1. The topological polar surface area (TPSA) is 93.0 Å². The molecule has 1 aromatic carbocycles. The number of nitrogens with one attached hydrogen (secondary N) is 1. The zero-order valence-corrected chi connectivity index (χ0v) is 30.5. The van der Waals surface area contributed by atoms with Crippen LogP contribution < -0.4 is 4.74 Å². The monoisotopic (exact) mass is 652 g/mol. The molecule has 0 spiro atoms. The summed E-state index contributed by atoms with van der Waals surface area (Å²) in [5.74, 6) is 1.52. The van der Waals surface area contributed by atoms with Gasteiger partial charge < -0.3 is 14.8 Å². The van der Waals surface area contributed by atoms with E-state index in [0.29, 0.717) is 11.8 Å². The van der Waals surface area contributed by atoms with E-state index in [1.54, 1.807) is 7.11 Å². The number of fused-ring (bicyclic) bond motifs is 9. The highest BCUT2D eigenvalue weighted by Gasteiger charge is 2.69. The number of hydrogen-bond acceptors (Lipinski definition) is 4. The molecule has 7 heteroatoms. The zero-order chi connectivity index (χ0) is 34.1. The van der Waals surface area contributed by atoms with Crippen molar-refractivity contribution >= 4 is 16.9 Å². The molecule has 0 aliphatic heterocycles. The number of allylic oxidation sites excluding steroid dienone is 2. The normalized spacial score (nSPS) is 37.8. The van der Waals surface area contributed by atoms with Gasteiger partial charge in [-0.25, -0.2) is 4.68 Å². The number of nitrogens with zero attached hydrogens (tertiary/aromatic N) is 3. The van der Waals surface area contributed by atoms with Crippen LogP contribution in [0.25, 0.3) is 10.9 Å². The Morgan fingerprint density at radius 2 is 1.81 bits per heavy atom. The summed E-state index contributed by atoms with van der Waals surface area (Å²) >= 11 is 0. The summed E-state index contributed by atoms with van der Waals surface area (Å²) < 4.78 is 7.74. The van der Waals surface area contributed by atoms with Crippen molar-refractivity contribution in [3.63, 3.8) is 0 Å². The van der Waals surface area contributed by atoms with E-state index in [4.69, 9.17) is 15.0 Å². The highest BCUT2D eigenvalue weighted by molar-refractivity contribution is 5.84. The first-order chi connectivity index (χ1) is 22.6. The van der Waals surface area contributed by atoms with E-state index in [-0.39, 0.29) is 33.0 Å². The lowest BCUT2D eigenvalue weighted by Crippen LogP contribution is -2.65. The predicted molar refractivity (Wildman–Crippen MR) is 189 cm³/mol. The van der Waals surface area contributed by atoms with Gasteiger partial charge in [-0.1, -0.05) is 65.3 Å². The molecule has 3 aromatic rings. The Morgan fingerprint density at radius 3 is 2.56 bits per heavy atom. The van der Waals surface area contributed by atoms with Crippen molar-refractivity contribution < 1.29 is 14.6 Å². The SMILES string of the molecule is COc1ccc2[nH]cc(CCn3nnc4c3C(C)(C)[C@@H]3CC[C@]5(C)[C@H](CC=C6[C@@H]7CC(C)(C)CC[C@]7(C(=O)O)CC[C@]65C)[C@@]3(C)C4)c2c1. The fourth-order valence-corrected chi connectivity index (χ4v) is 13.0. The number of carboxylic acids is 1. The lowest BCUT2D eigenvalue weighted by Gasteiger charge is -2.70. The van der Waals surface area contributed by atoms with Crippen LogP contribution in [0.5, 0.6) is 5.75 Å². The van der Waals surface area contributed by atoms with Crippen LogP contribution in [0, 0.1) is 44.8 Å². The molecule has 2 heterocycles. The van der Waals surface area contributed by atoms with Crippen LogP contribution in [0.3, 0.4) is 0 Å². The number of benzene rings is 1. The van der Waals surface area contributed by atoms with Gasteiger partial charge in [-0.05, 0) is 127 Å². The molecule has 258 valence electrons. The van der Waals surface area contributed by atoms with Gasteiger partial charge >= 0.3 is 5.97 Å². The smallest absolute Gasteiger partial charge is 0.310 e. The lowest BCUT2D eigenvalue weighted by atomic mass is 9.34. The number of aryl methyl sites for hydroxylation is 2. The molecule has 8 rings (SSSR count). The van der Waals surface area contributed by atoms with Crippen LogP contribution >= 0.6 is 0 Å². The number of H-pyrrole nitrogens is 1.